The van der Waals surface area contributed by atoms with Crippen molar-refractivity contribution in [2.24, 2.45) is 0 Å². The summed E-state index contributed by atoms with van der Waals surface area (Å²) in [5.74, 6) is 1.28. The average molecular weight is 387 g/mol. The highest BCUT2D eigenvalue weighted by Gasteiger charge is 2.28. The van der Waals surface area contributed by atoms with Gasteiger partial charge in [0.05, 0.1) is 6.54 Å². The highest BCUT2D eigenvalue weighted by atomic mass is 16.2. The number of benzene rings is 1. The molecule has 1 aromatic carbocycles. The number of nitrogens with zero attached hydrogens (tertiary/aromatic N) is 6. The number of rotatable bonds is 4. The number of aromatic nitrogens is 6. The summed E-state index contributed by atoms with van der Waals surface area (Å²) in [6.45, 7) is 2.16. The minimum absolute atomic E-state index is 0.0324. The minimum Gasteiger partial charge on any atom is -0.338 e. The van der Waals surface area contributed by atoms with E-state index in [-0.39, 0.29) is 11.8 Å². The van der Waals surface area contributed by atoms with Crippen molar-refractivity contribution >= 4 is 16.9 Å². The Labute approximate surface area is 167 Å². The topological polar surface area (TPSA) is 92.6 Å². The van der Waals surface area contributed by atoms with Crippen molar-refractivity contribution in [1.29, 1.82) is 0 Å². The molecule has 1 aliphatic heterocycles. The highest BCUT2D eigenvalue weighted by molar-refractivity contribution is 5.97. The standard InChI is InChI=1S/C21H21N7O/c29-21(16-5-6-18-19(11-16)25-26-24-18)28-9-2-4-17(14-28)20-23-8-10-27(20)13-15-3-1-7-22-12-15/h1,3,5-8,10-12,17H,2,4,9,13-14H2,(H,24,25,26). The van der Waals surface area contributed by atoms with Crippen molar-refractivity contribution in [2.75, 3.05) is 13.1 Å². The molecule has 4 heterocycles. The zero-order valence-corrected chi connectivity index (χ0v) is 15.9. The van der Waals surface area contributed by atoms with E-state index in [0.717, 1.165) is 42.8 Å². The lowest BCUT2D eigenvalue weighted by Gasteiger charge is -2.32. The number of imidazole rings is 1. The van der Waals surface area contributed by atoms with Gasteiger partial charge in [0.15, 0.2) is 0 Å². The molecular weight excluding hydrogens is 366 g/mol. The lowest BCUT2D eigenvalue weighted by Crippen LogP contribution is -2.39. The van der Waals surface area contributed by atoms with E-state index in [2.05, 4.69) is 36.0 Å². The maximum Gasteiger partial charge on any atom is 0.253 e. The number of carbonyl (C=O) groups is 1. The zero-order chi connectivity index (χ0) is 19.6. The number of aromatic amines is 1. The molecule has 1 N–H and O–H groups in total. The van der Waals surface area contributed by atoms with Gasteiger partial charge in [-0.25, -0.2) is 4.98 Å². The minimum atomic E-state index is 0.0324. The van der Waals surface area contributed by atoms with Crippen LogP contribution in [0.2, 0.25) is 0 Å². The summed E-state index contributed by atoms with van der Waals surface area (Å²) in [6.07, 6.45) is 9.48. The van der Waals surface area contributed by atoms with Gasteiger partial charge in [0, 0.05) is 49.4 Å². The summed E-state index contributed by atoms with van der Waals surface area (Å²) in [7, 11) is 0. The summed E-state index contributed by atoms with van der Waals surface area (Å²) in [6, 6.07) is 9.45. The molecule has 0 aliphatic carbocycles. The zero-order valence-electron chi connectivity index (χ0n) is 15.9. The number of amides is 1. The van der Waals surface area contributed by atoms with Crippen LogP contribution >= 0.6 is 0 Å². The van der Waals surface area contributed by atoms with Gasteiger partial charge in [-0.1, -0.05) is 6.07 Å². The third-order valence-corrected chi connectivity index (χ3v) is 5.46. The predicted molar refractivity (Wildman–Crippen MR) is 107 cm³/mol. The van der Waals surface area contributed by atoms with E-state index < -0.39 is 0 Å². The molecule has 1 atom stereocenters. The third-order valence-electron chi connectivity index (χ3n) is 5.46. The highest BCUT2D eigenvalue weighted by Crippen LogP contribution is 2.27. The summed E-state index contributed by atoms with van der Waals surface area (Å²) in [5.41, 5.74) is 3.24. The first-order valence-corrected chi connectivity index (χ1v) is 9.77. The van der Waals surface area contributed by atoms with Crippen molar-refractivity contribution in [2.45, 2.75) is 25.3 Å². The Kier molecular flexibility index (Phi) is 4.51. The summed E-state index contributed by atoms with van der Waals surface area (Å²) in [5, 5.41) is 10.7. The molecule has 146 valence electrons. The van der Waals surface area contributed by atoms with Crippen molar-refractivity contribution in [1.82, 2.24) is 34.8 Å². The van der Waals surface area contributed by atoms with E-state index in [1.165, 1.54) is 0 Å². The van der Waals surface area contributed by atoms with Gasteiger partial charge in [0.25, 0.3) is 5.91 Å². The first kappa shape index (κ1) is 17.5. The molecule has 1 unspecified atom stereocenters. The number of hydrogen-bond donors (Lipinski definition) is 1. The molecule has 0 saturated carbocycles. The summed E-state index contributed by atoms with van der Waals surface area (Å²) >= 11 is 0. The number of fused-ring (bicyclic) bond motifs is 1. The van der Waals surface area contributed by atoms with Crippen LogP contribution in [0.1, 0.15) is 40.5 Å². The second kappa shape index (κ2) is 7.46. The molecule has 1 amide bonds. The van der Waals surface area contributed by atoms with Crippen molar-refractivity contribution in [3.63, 3.8) is 0 Å². The second-order valence-corrected chi connectivity index (χ2v) is 7.39. The van der Waals surface area contributed by atoms with E-state index in [1.54, 1.807) is 12.3 Å². The number of nitrogens with one attached hydrogen (secondary N) is 1. The maximum atomic E-state index is 13.1. The first-order chi connectivity index (χ1) is 14.3. The Morgan fingerprint density at radius 2 is 2.10 bits per heavy atom. The third kappa shape index (κ3) is 3.49. The first-order valence-electron chi connectivity index (χ1n) is 9.77. The van der Waals surface area contributed by atoms with Crippen LogP contribution in [0.25, 0.3) is 11.0 Å². The van der Waals surface area contributed by atoms with Crippen LogP contribution < -0.4 is 0 Å². The predicted octanol–water partition coefficient (Wildman–Crippen LogP) is 2.62. The van der Waals surface area contributed by atoms with Gasteiger partial charge in [0.2, 0.25) is 0 Å². The van der Waals surface area contributed by atoms with Crippen LogP contribution in [0, 0.1) is 0 Å². The monoisotopic (exact) mass is 387 g/mol. The van der Waals surface area contributed by atoms with Gasteiger partial charge < -0.3 is 9.47 Å². The van der Waals surface area contributed by atoms with E-state index in [9.17, 15) is 4.79 Å². The SMILES string of the molecule is O=C(c1ccc2n[nH]nc2c1)N1CCCC(c2nccn2Cc2cccnc2)C1. The lowest BCUT2D eigenvalue weighted by atomic mass is 9.96. The Hall–Kier alpha value is -3.55. The summed E-state index contributed by atoms with van der Waals surface area (Å²) in [4.78, 5) is 23.8. The average Bonchev–Trinajstić information content (AvgIpc) is 3.43. The number of H-pyrrole nitrogens is 1. The van der Waals surface area contributed by atoms with Gasteiger partial charge in [-0.05, 0) is 42.7 Å². The van der Waals surface area contributed by atoms with Crippen molar-refractivity contribution in [3.05, 3.63) is 72.1 Å². The molecule has 29 heavy (non-hydrogen) atoms. The maximum absolute atomic E-state index is 13.1. The Morgan fingerprint density at radius 1 is 1.17 bits per heavy atom. The normalized spacial score (nSPS) is 17.0. The van der Waals surface area contributed by atoms with E-state index in [1.807, 2.05) is 41.7 Å². The number of piperidine rings is 1. The Balaban J connectivity index is 1.34. The lowest BCUT2D eigenvalue weighted by molar-refractivity contribution is 0.0703. The Bertz CT molecular complexity index is 1130. The van der Waals surface area contributed by atoms with E-state index in [0.29, 0.717) is 17.6 Å². The number of hydrogen-bond acceptors (Lipinski definition) is 5. The van der Waals surface area contributed by atoms with E-state index in [4.69, 9.17) is 0 Å². The van der Waals surface area contributed by atoms with Gasteiger partial charge in [-0.15, -0.1) is 0 Å². The largest absolute Gasteiger partial charge is 0.338 e. The fourth-order valence-electron chi connectivity index (χ4n) is 4.03. The van der Waals surface area contributed by atoms with E-state index >= 15 is 0 Å². The second-order valence-electron chi connectivity index (χ2n) is 7.39. The number of likely N-dealkylation sites (tertiary alicyclic amines) is 1. The molecule has 1 fully saturated rings. The van der Waals surface area contributed by atoms with Crippen molar-refractivity contribution < 1.29 is 4.79 Å². The Morgan fingerprint density at radius 3 is 3.00 bits per heavy atom. The van der Waals surface area contributed by atoms with Crippen LogP contribution in [0.3, 0.4) is 0 Å². The molecule has 1 saturated heterocycles. The van der Waals surface area contributed by atoms with Gasteiger partial charge in [0.1, 0.15) is 16.9 Å². The van der Waals surface area contributed by atoms with Crippen molar-refractivity contribution in [3.8, 4) is 0 Å². The smallest absolute Gasteiger partial charge is 0.253 e. The van der Waals surface area contributed by atoms with Gasteiger partial charge in [-0.2, -0.15) is 15.4 Å². The fourth-order valence-corrected chi connectivity index (χ4v) is 4.03. The molecule has 0 radical (unpaired) electrons. The van der Waals surface area contributed by atoms with Crippen LogP contribution in [0.5, 0.6) is 0 Å². The molecule has 8 nitrogen and oxygen atoms in total. The van der Waals surface area contributed by atoms with Gasteiger partial charge >= 0.3 is 0 Å². The number of carbonyl (C=O) groups excluding carboxylic acids is 1. The molecule has 3 aromatic heterocycles. The molecule has 4 aromatic rings. The summed E-state index contributed by atoms with van der Waals surface area (Å²) < 4.78 is 2.16. The molecule has 0 bridgehead atoms. The molecule has 5 rings (SSSR count). The molecule has 0 spiro atoms. The quantitative estimate of drug-likeness (QED) is 0.581. The van der Waals surface area contributed by atoms with Crippen LogP contribution in [0.4, 0.5) is 0 Å². The van der Waals surface area contributed by atoms with Crippen LogP contribution in [-0.4, -0.2) is 53.8 Å². The molecule has 1 aliphatic rings. The molecular formula is C21H21N7O. The molecule has 8 heteroatoms. The van der Waals surface area contributed by atoms with Crippen LogP contribution in [-0.2, 0) is 6.54 Å². The van der Waals surface area contributed by atoms with Gasteiger partial charge in [-0.3, -0.25) is 9.78 Å². The number of pyridine rings is 1. The fraction of sp³-hybridized carbons (Fsp3) is 0.286. The van der Waals surface area contributed by atoms with Crippen LogP contribution in [0.15, 0.2) is 55.1 Å².